The summed E-state index contributed by atoms with van der Waals surface area (Å²) < 4.78 is 39.8. The van der Waals surface area contributed by atoms with Crippen molar-refractivity contribution < 1.29 is 22.7 Å². The van der Waals surface area contributed by atoms with Gasteiger partial charge in [0, 0.05) is 0 Å². The molecule has 90 valence electrons. The molecule has 6 heteroatoms. The van der Waals surface area contributed by atoms with Crippen LogP contribution in [0.2, 0.25) is 0 Å². The van der Waals surface area contributed by atoms with Gasteiger partial charge in [0.25, 0.3) is 0 Å². The highest BCUT2D eigenvalue weighted by Gasteiger charge is 2.31. The Balaban J connectivity index is 2.32. The van der Waals surface area contributed by atoms with Gasteiger partial charge in [0.1, 0.15) is 18.1 Å². The highest BCUT2D eigenvalue weighted by atomic mass is 19.4. The maximum absolute atomic E-state index is 12.0. The van der Waals surface area contributed by atoms with Crippen LogP contribution in [0.15, 0.2) is 24.4 Å². The van der Waals surface area contributed by atoms with Crippen LogP contribution in [0.4, 0.5) is 13.2 Å². The Bertz CT molecular complexity index is 468. The Labute approximate surface area is 94.9 Å². The molecule has 0 spiro atoms. The predicted molar refractivity (Wildman–Crippen MR) is 54.1 cm³/mol. The molecule has 0 radical (unpaired) electrons. The number of fused-ring (bicyclic) bond motifs is 1. The number of alkyl halides is 3. The molecular weight excluding hydrogens is 235 g/mol. The van der Waals surface area contributed by atoms with Gasteiger partial charge in [0.2, 0.25) is 0 Å². The van der Waals surface area contributed by atoms with Crippen LogP contribution >= 0.6 is 0 Å². The van der Waals surface area contributed by atoms with E-state index in [2.05, 4.69) is 10.1 Å². The van der Waals surface area contributed by atoms with Gasteiger partial charge in [-0.05, 0) is 35.5 Å². The molecule has 1 aliphatic rings. The van der Waals surface area contributed by atoms with Crippen molar-refractivity contribution >= 4 is 12.4 Å². The van der Waals surface area contributed by atoms with Crippen LogP contribution < -0.4 is 10.1 Å². The molecule has 3 nitrogen and oxygen atoms in total. The third-order valence-corrected chi connectivity index (χ3v) is 2.30. The number of benzene rings is 1. The second-order valence-corrected chi connectivity index (χ2v) is 3.45. The van der Waals surface area contributed by atoms with E-state index in [1.807, 2.05) is 0 Å². The highest BCUT2D eigenvalue weighted by Crippen LogP contribution is 2.29. The van der Waals surface area contributed by atoms with Gasteiger partial charge in [-0.15, -0.1) is 13.2 Å². The zero-order valence-electron chi connectivity index (χ0n) is 8.49. The molecule has 0 aliphatic carbocycles. The van der Waals surface area contributed by atoms with E-state index in [1.165, 1.54) is 24.4 Å². The molecule has 0 saturated heterocycles. The monoisotopic (exact) mass is 243 g/mol. The number of carbonyl (C=O) groups excluding carboxylic acids is 1. The molecular formula is C11H8F3NO2. The summed E-state index contributed by atoms with van der Waals surface area (Å²) in [5.41, 5.74) is 1.15. The van der Waals surface area contributed by atoms with Gasteiger partial charge in [0.05, 0.1) is 0 Å². The van der Waals surface area contributed by atoms with E-state index in [0.29, 0.717) is 17.4 Å². The van der Waals surface area contributed by atoms with Gasteiger partial charge in [-0.2, -0.15) is 0 Å². The third-order valence-electron chi connectivity index (χ3n) is 2.30. The molecule has 0 aromatic heterocycles. The quantitative estimate of drug-likeness (QED) is 0.810. The number of carbonyl (C=O) groups is 1. The van der Waals surface area contributed by atoms with Crippen molar-refractivity contribution in [2.75, 3.05) is 0 Å². The summed E-state index contributed by atoms with van der Waals surface area (Å²) >= 11 is 0. The maximum Gasteiger partial charge on any atom is 0.573 e. The number of hydrogen-bond donors (Lipinski definition) is 1. The van der Waals surface area contributed by atoms with Crippen molar-refractivity contribution in [1.82, 2.24) is 5.32 Å². The number of aldehydes is 1. The zero-order valence-corrected chi connectivity index (χ0v) is 8.49. The zero-order chi connectivity index (χ0) is 12.5. The first-order valence-corrected chi connectivity index (χ1v) is 4.77. The third kappa shape index (κ3) is 2.58. The molecule has 17 heavy (non-hydrogen) atoms. The van der Waals surface area contributed by atoms with Crippen LogP contribution in [-0.2, 0) is 4.79 Å². The van der Waals surface area contributed by atoms with Gasteiger partial charge >= 0.3 is 6.36 Å². The Kier molecular flexibility index (Phi) is 2.79. The molecule has 2 rings (SSSR count). The lowest BCUT2D eigenvalue weighted by atomic mass is 9.98. The summed E-state index contributed by atoms with van der Waals surface area (Å²) in [6, 6.07) is 3.33. The van der Waals surface area contributed by atoms with Crippen LogP contribution in [0.3, 0.4) is 0 Å². The SMILES string of the molecule is O=CC1NC=Cc2cc(OC(F)(F)F)ccc21. The van der Waals surface area contributed by atoms with E-state index in [4.69, 9.17) is 0 Å². The van der Waals surface area contributed by atoms with Crippen molar-refractivity contribution in [3.8, 4) is 5.75 Å². The number of ether oxygens (including phenoxy) is 1. The van der Waals surface area contributed by atoms with Gasteiger partial charge in [-0.1, -0.05) is 6.07 Å². The molecule has 0 amide bonds. The standard InChI is InChI=1S/C11H8F3NO2/c12-11(13,14)17-8-1-2-9-7(5-8)3-4-15-10(9)6-16/h1-6,10,15H. The van der Waals surface area contributed by atoms with Crippen LogP contribution in [0.25, 0.3) is 6.08 Å². The fourth-order valence-electron chi connectivity index (χ4n) is 1.62. The van der Waals surface area contributed by atoms with Crippen molar-refractivity contribution in [2.24, 2.45) is 0 Å². The first kappa shape index (κ1) is 11.5. The molecule has 1 aliphatic heterocycles. The molecule has 0 saturated carbocycles. The highest BCUT2D eigenvalue weighted by molar-refractivity contribution is 5.70. The lowest BCUT2D eigenvalue weighted by molar-refractivity contribution is -0.274. The fourth-order valence-corrected chi connectivity index (χ4v) is 1.62. The van der Waals surface area contributed by atoms with Crippen molar-refractivity contribution in [1.29, 1.82) is 0 Å². The summed E-state index contributed by atoms with van der Waals surface area (Å²) in [4.78, 5) is 10.7. The van der Waals surface area contributed by atoms with Crippen molar-refractivity contribution in [3.05, 3.63) is 35.5 Å². The van der Waals surface area contributed by atoms with Gasteiger partial charge in [-0.3, -0.25) is 0 Å². The van der Waals surface area contributed by atoms with Crippen molar-refractivity contribution in [2.45, 2.75) is 12.4 Å². The smallest absolute Gasteiger partial charge is 0.406 e. The Morgan fingerprint density at radius 2 is 2.12 bits per heavy atom. The molecule has 1 unspecified atom stereocenters. The van der Waals surface area contributed by atoms with E-state index in [9.17, 15) is 18.0 Å². The first-order chi connectivity index (χ1) is 7.99. The fraction of sp³-hybridized carbons (Fsp3) is 0.182. The van der Waals surface area contributed by atoms with Gasteiger partial charge in [0.15, 0.2) is 0 Å². The van der Waals surface area contributed by atoms with Crippen LogP contribution in [0.5, 0.6) is 5.75 Å². The second kappa shape index (κ2) is 4.12. The molecule has 1 aromatic rings. The van der Waals surface area contributed by atoms with Gasteiger partial charge < -0.3 is 14.8 Å². The van der Waals surface area contributed by atoms with Crippen LogP contribution in [0.1, 0.15) is 17.2 Å². The minimum absolute atomic E-state index is 0.299. The number of rotatable bonds is 2. The molecule has 1 N–H and O–H groups in total. The molecule has 1 atom stereocenters. The number of hydrogen-bond acceptors (Lipinski definition) is 3. The summed E-state index contributed by atoms with van der Waals surface area (Å²) in [7, 11) is 0. The average Bonchev–Trinajstić information content (AvgIpc) is 2.25. The van der Waals surface area contributed by atoms with Crippen LogP contribution in [-0.4, -0.2) is 12.6 Å². The Morgan fingerprint density at radius 3 is 2.76 bits per heavy atom. The van der Waals surface area contributed by atoms with E-state index in [0.717, 1.165) is 0 Å². The lowest BCUT2D eigenvalue weighted by Crippen LogP contribution is -2.21. The summed E-state index contributed by atoms with van der Waals surface area (Å²) in [6.45, 7) is 0. The summed E-state index contributed by atoms with van der Waals surface area (Å²) in [5.74, 6) is -0.299. The molecule has 0 bridgehead atoms. The minimum atomic E-state index is -4.71. The van der Waals surface area contributed by atoms with Crippen molar-refractivity contribution in [3.63, 3.8) is 0 Å². The summed E-state index contributed by atoms with van der Waals surface area (Å²) in [5, 5.41) is 2.78. The number of halogens is 3. The minimum Gasteiger partial charge on any atom is -0.406 e. The van der Waals surface area contributed by atoms with Gasteiger partial charge in [-0.25, -0.2) is 0 Å². The summed E-state index contributed by atoms with van der Waals surface area (Å²) in [6.07, 6.45) is -0.932. The van der Waals surface area contributed by atoms with E-state index in [1.54, 1.807) is 6.08 Å². The second-order valence-electron chi connectivity index (χ2n) is 3.45. The predicted octanol–water partition coefficient (Wildman–Crippen LogP) is 2.40. The number of nitrogens with one attached hydrogen (secondary N) is 1. The maximum atomic E-state index is 12.0. The molecule has 0 fully saturated rings. The Morgan fingerprint density at radius 1 is 1.35 bits per heavy atom. The first-order valence-electron chi connectivity index (χ1n) is 4.77. The van der Waals surface area contributed by atoms with E-state index >= 15 is 0 Å². The Hall–Kier alpha value is -1.98. The lowest BCUT2D eigenvalue weighted by Gasteiger charge is -2.19. The molecule has 1 heterocycles. The van der Waals surface area contributed by atoms with E-state index in [-0.39, 0.29) is 5.75 Å². The van der Waals surface area contributed by atoms with Crippen LogP contribution in [0, 0.1) is 0 Å². The topological polar surface area (TPSA) is 38.3 Å². The normalized spacial score (nSPS) is 18.2. The largest absolute Gasteiger partial charge is 0.573 e. The molecule has 1 aromatic carbocycles. The van der Waals surface area contributed by atoms with E-state index < -0.39 is 12.4 Å². The average molecular weight is 243 g/mol.